The van der Waals surface area contributed by atoms with Crippen LogP contribution in [-0.4, -0.2) is 34.3 Å². The molecule has 2 unspecified atom stereocenters. The molecule has 2 amide bonds. The zero-order valence-corrected chi connectivity index (χ0v) is 13.7. The van der Waals surface area contributed by atoms with E-state index in [0.29, 0.717) is 11.7 Å². The minimum Gasteiger partial charge on any atom is -0.390 e. The highest BCUT2D eigenvalue weighted by Gasteiger charge is 2.33. The van der Waals surface area contributed by atoms with E-state index in [-0.39, 0.29) is 18.1 Å². The van der Waals surface area contributed by atoms with Crippen LogP contribution in [0.5, 0.6) is 0 Å². The average molecular weight is 320 g/mol. The Kier molecular flexibility index (Phi) is 4.93. The first kappa shape index (κ1) is 15.7. The Morgan fingerprint density at radius 1 is 1.32 bits per heavy atom. The predicted molar refractivity (Wildman–Crippen MR) is 90.1 cm³/mol. The van der Waals surface area contributed by atoms with Gasteiger partial charge in [0.1, 0.15) is 0 Å². The molecule has 0 radical (unpaired) electrons. The monoisotopic (exact) mass is 320 g/mol. The van der Waals surface area contributed by atoms with Crippen LogP contribution in [0.1, 0.15) is 43.4 Å². The van der Waals surface area contributed by atoms with Gasteiger partial charge in [-0.15, -0.1) is 0 Å². The number of amides is 2. The Hall–Kier alpha value is -1.20. The summed E-state index contributed by atoms with van der Waals surface area (Å²) in [4.78, 5) is 12.2. The van der Waals surface area contributed by atoms with Gasteiger partial charge in [-0.2, -0.15) is 11.8 Å². The van der Waals surface area contributed by atoms with E-state index in [0.717, 1.165) is 29.7 Å². The van der Waals surface area contributed by atoms with Gasteiger partial charge in [-0.25, -0.2) is 4.79 Å². The minimum atomic E-state index is -0.532. The van der Waals surface area contributed by atoms with E-state index in [1.807, 2.05) is 36.0 Å². The molecule has 0 saturated heterocycles. The Morgan fingerprint density at radius 2 is 2.14 bits per heavy atom. The van der Waals surface area contributed by atoms with Crippen molar-refractivity contribution in [3.05, 3.63) is 35.4 Å². The Morgan fingerprint density at radius 3 is 2.95 bits per heavy atom. The summed E-state index contributed by atoms with van der Waals surface area (Å²) in [6.07, 6.45) is 3.36. The summed E-state index contributed by atoms with van der Waals surface area (Å²) in [7, 11) is 0. The molecule has 1 saturated carbocycles. The molecule has 1 aromatic carbocycles. The second-order valence-electron chi connectivity index (χ2n) is 6.15. The second kappa shape index (κ2) is 6.92. The van der Waals surface area contributed by atoms with E-state index in [2.05, 4.69) is 17.6 Å². The first-order valence-electron chi connectivity index (χ1n) is 8.12. The zero-order chi connectivity index (χ0) is 15.5. The summed E-state index contributed by atoms with van der Waals surface area (Å²) in [6, 6.07) is 7.73. The molecule has 2 aliphatic carbocycles. The van der Waals surface area contributed by atoms with Gasteiger partial charge in [-0.1, -0.05) is 31.2 Å². The Labute approximate surface area is 136 Å². The van der Waals surface area contributed by atoms with Gasteiger partial charge in [0.2, 0.25) is 0 Å². The van der Waals surface area contributed by atoms with Crippen molar-refractivity contribution < 1.29 is 9.90 Å². The van der Waals surface area contributed by atoms with E-state index in [1.165, 1.54) is 6.42 Å². The van der Waals surface area contributed by atoms with Crippen molar-refractivity contribution in [3.63, 3.8) is 0 Å². The molecule has 4 nitrogen and oxygen atoms in total. The highest BCUT2D eigenvalue weighted by Crippen LogP contribution is 2.32. The first-order valence-corrected chi connectivity index (χ1v) is 9.16. The molecule has 0 aliphatic heterocycles. The van der Waals surface area contributed by atoms with E-state index < -0.39 is 6.10 Å². The maximum Gasteiger partial charge on any atom is 0.315 e. The summed E-state index contributed by atoms with van der Waals surface area (Å²) in [5.41, 5.74) is 2.16. The van der Waals surface area contributed by atoms with Gasteiger partial charge in [0, 0.05) is 17.7 Å². The number of rotatable bonds is 4. The fourth-order valence-corrected chi connectivity index (χ4v) is 4.72. The molecule has 0 spiro atoms. The van der Waals surface area contributed by atoms with Crippen molar-refractivity contribution in [2.75, 3.05) is 5.75 Å². The van der Waals surface area contributed by atoms with Gasteiger partial charge >= 0.3 is 6.03 Å². The van der Waals surface area contributed by atoms with Crippen LogP contribution in [0.4, 0.5) is 4.79 Å². The summed E-state index contributed by atoms with van der Waals surface area (Å²) < 4.78 is 0. The van der Waals surface area contributed by atoms with Crippen molar-refractivity contribution >= 4 is 17.8 Å². The lowest BCUT2D eigenvalue weighted by molar-refractivity contribution is 0.142. The highest BCUT2D eigenvalue weighted by molar-refractivity contribution is 7.99. The van der Waals surface area contributed by atoms with E-state index in [4.69, 9.17) is 0 Å². The van der Waals surface area contributed by atoms with Crippen molar-refractivity contribution in [3.8, 4) is 0 Å². The molecule has 2 aliphatic rings. The molecule has 1 fully saturated rings. The largest absolute Gasteiger partial charge is 0.390 e. The minimum absolute atomic E-state index is 0.159. The smallest absolute Gasteiger partial charge is 0.315 e. The number of thioether (sulfide) groups is 1. The third kappa shape index (κ3) is 3.41. The van der Waals surface area contributed by atoms with Crippen molar-refractivity contribution in [1.82, 2.24) is 10.6 Å². The summed E-state index contributed by atoms with van der Waals surface area (Å²) in [6.45, 7) is 2.18. The third-order valence-corrected chi connectivity index (χ3v) is 5.85. The molecule has 0 heterocycles. The number of aliphatic hydroxyl groups excluding tert-OH is 1. The summed E-state index contributed by atoms with van der Waals surface area (Å²) >= 11 is 1.98. The van der Waals surface area contributed by atoms with Crippen LogP contribution in [0.3, 0.4) is 0 Å². The number of benzene rings is 1. The maximum absolute atomic E-state index is 12.2. The highest BCUT2D eigenvalue weighted by atomic mass is 32.2. The molecule has 0 bridgehead atoms. The fraction of sp³-hybridized carbons (Fsp3) is 0.588. The van der Waals surface area contributed by atoms with Crippen molar-refractivity contribution in [2.24, 2.45) is 0 Å². The van der Waals surface area contributed by atoms with Gasteiger partial charge < -0.3 is 15.7 Å². The van der Waals surface area contributed by atoms with Crippen LogP contribution in [-0.2, 0) is 6.42 Å². The third-order valence-electron chi connectivity index (χ3n) is 4.61. The number of carbonyl (C=O) groups excluding carboxylic acids is 1. The lowest BCUT2D eigenvalue weighted by Crippen LogP contribution is -2.44. The molecule has 4 atom stereocenters. The van der Waals surface area contributed by atoms with Crippen LogP contribution in [0.2, 0.25) is 0 Å². The molecule has 5 heteroatoms. The number of hydrogen-bond donors (Lipinski definition) is 3. The Balaban J connectivity index is 1.54. The lowest BCUT2D eigenvalue weighted by atomic mass is 10.1. The van der Waals surface area contributed by atoms with Crippen LogP contribution in [0.25, 0.3) is 0 Å². The molecule has 0 aromatic heterocycles. The normalized spacial score (nSPS) is 30.1. The van der Waals surface area contributed by atoms with Gasteiger partial charge in [-0.3, -0.25) is 0 Å². The first-order chi connectivity index (χ1) is 10.7. The van der Waals surface area contributed by atoms with Crippen LogP contribution in [0, 0.1) is 0 Å². The summed E-state index contributed by atoms with van der Waals surface area (Å²) in [5.74, 6) is 1.13. The van der Waals surface area contributed by atoms with Crippen LogP contribution >= 0.6 is 11.8 Å². The number of urea groups is 1. The van der Waals surface area contributed by atoms with E-state index >= 15 is 0 Å². The fourth-order valence-electron chi connectivity index (χ4n) is 3.57. The molecule has 3 rings (SSSR count). The zero-order valence-electron chi connectivity index (χ0n) is 12.9. The Bertz CT molecular complexity index is 537. The van der Waals surface area contributed by atoms with Crippen molar-refractivity contribution in [1.29, 1.82) is 0 Å². The number of aliphatic hydroxyl groups is 1. The van der Waals surface area contributed by atoms with Crippen molar-refractivity contribution in [2.45, 2.75) is 56.0 Å². The summed E-state index contributed by atoms with van der Waals surface area (Å²) in [5, 5.41) is 16.9. The maximum atomic E-state index is 12.2. The van der Waals surface area contributed by atoms with E-state index in [9.17, 15) is 9.90 Å². The van der Waals surface area contributed by atoms with Crippen LogP contribution < -0.4 is 10.6 Å². The quantitative estimate of drug-likeness (QED) is 0.799. The molecular weight excluding hydrogens is 296 g/mol. The molecule has 120 valence electrons. The van der Waals surface area contributed by atoms with E-state index in [1.54, 1.807) is 0 Å². The molecule has 3 N–H and O–H groups in total. The predicted octanol–water partition coefficient (Wildman–Crippen LogP) is 2.62. The van der Waals surface area contributed by atoms with Gasteiger partial charge in [0.05, 0.1) is 12.1 Å². The number of nitrogens with one attached hydrogen (secondary N) is 2. The standard InChI is InChI=1S/C17H24N2O2S/c1-2-22-13-8-7-12(10-13)18-17(21)19-16-14-6-4-3-5-11(14)9-15(16)20/h3-6,12-13,15-16,20H,2,7-10H2,1H3,(H2,18,19,21)/t12?,13?,15-,16+/m1/s1. The molecule has 22 heavy (non-hydrogen) atoms. The second-order valence-corrected chi connectivity index (χ2v) is 7.73. The number of carbonyl (C=O) groups is 1. The topological polar surface area (TPSA) is 61.4 Å². The number of hydrogen-bond acceptors (Lipinski definition) is 3. The molecule has 1 aromatic rings. The average Bonchev–Trinajstić information content (AvgIpc) is 3.05. The van der Waals surface area contributed by atoms with Gasteiger partial charge in [0.25, 0.3) is 0 Å². The SMILES string of the molecule is CCSC1CCC(NC(=O)N[C@H]2c3ccccc3C[C@H]2O)C1. The lowest BCUT2D eigenvalue weighted by Gasteiger charge is -2.20. The van der Waals surface area contributed by atoms with Crippen LogP contribution in [0.15, 0.2) is 24.3 Å². The molecular formula is C17H24N2O2S. The van der Waals surface area contributed by atoms with Gasteiger partial charge in [0.15, 0.2) is 0 Å². The van der Waals surface area contributed by atoms with Gasteiger partial charge in [-0.05, 0) is 36.1 Å². The number of fused-ring (bicyclic) bond motifs is 1.